The van der Waals surface area contributed by atoms with Gasteiger partial charge >= 0.3 is 0 Å². The molecule has 2 aromatic heterocycles. The van der Waals surface area contributed by atoms with E-state index in [0.717, 1.165) is 0 Å². The molecule has 0 saturated heterocycles. The van der Waals surface area contributed by atoms with Gasteiger partial charge in [-0.1, -0.05) is 6.07 Å². The van der Waals surface area contributed by atoms with Crippen LogP contribution in [-0.4, -0.2) is 14.8 Å². The van der Waals surface area contributed by atoms with Gasteiger partial charge in [0.1, 0.15) is 0 Å². The van der Waals surface area contributed by atoms with E-state index in [-0.39, 0.29) is 5.69 Å². The Morgan fingerprint density at radius 2 is 2.29 bits per heavy atom. The second kappa shape index (κ2) is 3.62. The van der Waals surface area contributed by atoms with E-state index in [1.165, 1.54) is 18.5 Å². The first-order valence-corrected chi connectivity index (χ1v) is 4.05. The highest BCUT2D eigenvalue weighted by molar-refractivity contribution is 5.53. The van der Waals surface area contributed by atoms with Crippen LogP contribution in [0.3, 0.4) is 0 Å². The lowest BCUT2D eigenvalue weighted by atomic mass is 10.2. The zero-order chi connectivity index (χ0) is 15.9. The van der Waals surface area contributed by atoms with Crippen molar-refractivity contribution >= 4 is 0 Å². The van der Waals surface area contributed by atoms with Crippen molar-refractivity contribution < 1.29 is 9.60 Å². The normalized spacial score (nSPS) is 20.7. The van der Waals surface area contributed by atoms with Gasteiger partial charge in [0.25, 0.3) is 0 Å². The maximum Gasteiger partial charge on any atom is 0.0883 e. The van der Waals surface area contributed by atoms with Gasteiger partial charge in [0, 0.05) is 26.6 Å². The molecule has 2 rings (SSSR count). The van der Waals surface area contributed by atoms with E-state index in [0.29, 0.717) is 10.4 Å². The summed E-state index contributed by atoms with van der Waals surface area (Å²) in [6.07, 6.45) is 2.74. The third-order valence-electron chi connectivity index (χ3n) is 1.78. The fourth-order valence-electron chi connectivity index (χ4n) is 1.19. The van der Waals surface area contributed by atoms with Crippen LogP contribution < -0.4 is 0 Å². The van der Waals surface area contributed by atoms with Crippen LogP contribution in [0.15, 0.2) is 36.7 Å². The molecule has 3 heteroatoms. The maximum atomic E-state index is 8.12. The van der Waals surface area contributed by atoms with Crippen LogP contribution >= 0.6 is 0 Å². The number of hydrogen-bond acceptors (Lipinski definition) is 2. The molecular weight excluding hydrogens is 174 g/mol. The topological polar surface area (TPSA) is 30.7 Å². The fraction of sp³-hybridized carbons (Fsp3) is 0.273. The number of rotatable bonds is 2. The molecule has 0 aliphatic rings. The van der Waals surface area contributed by atoms with E-state index in [9.17, 15) is 0 Å². The van der Waals surface area contributed by atoms with Crippen LogP contribution in [0.4, 0.5) is 0 Å². The first kappa shape index (κ1) is 3.85. The monoisotopic (exact) mass is 194 g/mol. The third-order valence-corrected chi connectivity index (χ3v) is 1.78. The van der Waals surface area contributed by atoms with E-state index < -0.39 is 19.7 Å². The molecule has 0 fully saturated rings. The predicted molar refractivity (Wildman–Crippen MR) is 55.8 cm³/mol. The van der Waals surface area contributed by atoms with Crippen molar-refractivity contribution in [2.24, 2.45) is 0 Å². The molecule has 2 heterocycles. The van der Waals surface area contributed by atoms with Crippen molar-refractivity contribution in [2.75, 3.05) is 0 Å². The average molecular weight is 194 g/mol. The molecule has 0 aliphatic heterocycles. The number of aromatic nitrogens is 3. The van der Waals surface area contributed by atoms with Gasteiger partial charge in [-0.2, -0.15) is 5.10 Å². The van der Waals surface area contributed by atoms with Crippen LogP contribution in [0.25, 0.3) is 11.4 Å². The minimum absolute atomic E-state index is 0.165. The van der Waals surface area contributed by atoms with Gasteiger partial charge < -0.3 is 0 Å². The first-order valence-electron chi connectivity index (χ1n) is 7.55. The van der Waals surface area contributed by atoms with E-state index in [1.54, 1.807) is 18.2 Å². The minimum atomic E-state index is -3.09. The van der Waals surface area contributed by atoms with Crippen LogP contribution in [0, 0.1) is 0 Å². The van der Waals surface area contributed by atoms with Crippen molar-refractivity contribution in [3.63, 3.8) is 0 Å². The minimum Gasteiger partial charge on any atom is -0.261 e. The predicted octanol–water partition coefficient (Wildman–Crippen LogP) is 2.53. The van der Waals surface area contributed by atoms with Gasteiger partial charge in [-0.25, -0.2) is 0 Å². The molecule has 2 aromatic rings. The average Bonchev–Trinajstić information content (AvgIpc) is 2.85. The zero-order valence-electron chi connectivity index (χ0n) is 14.3. The second-order valence-corrected chi connectivity index (χ2v) is 2.69. The van der Waals surface area contributed by atoms with Crippen molar-refractivity contribution in [1.29, 1.82) is 0 Å². The summed E-state index contributed by atoms with van der Waals surface area (Å²) in [5, 5.41) is 3.77. The molecule has 0 radical (unpaired) electrons. The molecule has 3 nitrogen and oxygen atoms in total. The second-order valence-electron chi connectivity index (χ2n) is 2.69. The Morgan fingerprint density at radius 1 is 1.36 bits per heavy atom. The smallest absolute Gasteiger partial charge is 0.0883 e. The van der Waals surface area contributed by atoms with Gasteiger partial charge in [0.05, 0.1) is 12.8 Å². The molecule has 0 aliphatic carbocycles. The van der Waals surface area contributed by atoms with Gasteiger partial charge in [0.15, 0.2) is 0 Å². The molecule has 0 spiro atoms. The summed E-state index contributed by atoms with van der Waals surface area (Å²) in [7, 11) is 0. The molecule has 0 saturated carbocycles. The van der Waals surface area contributed by atoms with Crippen molar-refractivity contribution in [1.82, 2.24) is 14.8 Å². The Bertz CT molecular complexity index is 601. The van der Waals surface area contributed by atoms with E-state index in [4.69, 9.17) is 9.60 Å². The molecule has 0 N–H and O–H groups in total. The number of hydrogen-bond donors (Lipinski definition) is 0. The van der Waals surface area contributed by atoms with Gasteiger partial charge in [-0.3, -0.25) is 9.67 Å². The Hall–Kier alpha value is -1.64. The highest BCUT2D eigenvalue weighted by Crippen LogP contribution is 2.18. The summed E-state index contributed by atoms with van der Waals surface area (Å²) in [5.74, 6) is 0. The van der Waals surface area contributed by atoms with Crippen LogP contribution in [0.1, 0.15) is 29.3 Å². The highest BCUT2D eigenvalue weighted by Gasteiger charge is 2.07. The summed E-state index contributed by atoms with van der Waals surface area (Å²) < 4.78 is 53.7. The van der Waals surface area contributed by atoms with Crippen LogP contribution in [0.5, 0.6) is 0 Å². The summed E-state index contributed by atoms with van der Waals surface area (Å²) in [5.41, 5.74) is 0.512. The zero-order valence-corrected chi connectivity index (χ0v) is 7.31. The van der Waals surface area contributed by atoms with Crippen molar-refractivity contribution in [2.45, 2.75) is 19.7 Å². The molecule has 0 aromatic carbocycles. The fourth-order valence-corrected chi connectivity index (χ4v) is 1.19. The largest absolute Gasteiger partial charge is 0.261 e. The standard InChI is InChI=1S/C11H13N3/c1-9(2)14-11(6-8-13-14)10-5-3-4-7-12-10/h3-9H,1-2H3/i1D3,2D3,9D. The van der Waals surface area contributed by atoms with Gasteiger partial charge in [-0.05, 0) is 31.9 Å². The van der Waals surface area contributed by atoms with Gasteiger partial charge in [-0.15, -0.1) is 0 Å². The molecule has 0 atom stereocenters. The summed E-state index contributed by atoms with van der Waals surface area (Å²) in [6.45, 7) is -6.18. The highest BCUT2D eigenvalue weighted by atomic mass is 15.3. The summed E-state index contributed by atoms with van der Waals surface area (Å²) >= 11 is 0. The lowest BCUT2D eigenvalue weighted by Gasteiger charge is -2.09. The number of pyridine rings is 1. The summed E-state index contributed by atoms with van der Waals surface area (Å²) in [6, 6.07) is 3.48. The van der Waals surface area contributed by atoms with Crippen molar-refractivity contribution in [3.05, 3.63) is 36.7 Å². The Morgan fingerprint density at radius 3 is 3.00 bits per heavy atom. The molecule has 14 heavy (non-hydrogen) atoms. The van der Waals surface area contributed by atoms with Crippen molar-refractivity contribution in [3.8, 4) is 11.4 Å². The molecule has 0 bridgehead atoms. The third kappa shape index (κ3) is 1.53. The Kier molecular flexibility index (Phi) is 0.994. The molecular formula is C11H13N3. The lowest BCUT2D eigenvalue weighted by Crippen LogP contribution is -2.04. The molecule has 0 unspecified atom stereocenters. The quantitative estimate of drug-likeness (QED) is 0.735. The van der Waals surface area contributed by atoms with Crippen LogP contribution in [0.2, 0.25) is 0 Å². The van der Waals surface area contributed by atoms with E-state index >= 15 is 0 Å². The molecule has 72 valence electrons. The Labute approximate surface area is 93.2 Å². The maximum absolute atomic E-state index is 8.12. The van der Waals surface area contributed by atoms with E-state index in [2.05, 4.69) is 10.1 Å². The first-order chi connectivity index (χ1) is 9.59. The van der Waals surface area contributed by atoms with Crippen LogP contribution in [-0.2, 0) is 0 Å². The number of nitrogens with zero attached hydrogens (tertiary/aromatic N) is 3. The van der Waals surface area contributed by atoms with E-state index in [1.807, 2.05) is 0 Å². The lowest BCUT2D eigenvalue weighted by molar-refractivity contribution is 0.538. The Balaban J connectivity index is 2.68. The molecule has 0 amide bonds. The SMILES string of the molecule is [2H]C([2H])([2H])C([2H])(n1nccc1-c1ccccn1)C([2H])([2H])[2H]. The van der Waals surface area contributed by atoms with Gasteiger partial charge in [0.2, 0.25) is 0 Å². The summed E-state index contributed by atoms with van der Waals surface area (Å²) in [4.78, 5) is 4.05.